The van der Waals surface area contributed by atoms with Crippen molar-refractivity contribution >= 4 is 5.97 Å². The molecule has 0 saturated carbocycles. The number of ether oxygens (including phenoxy) is 1. The molecule has 0 fully saturated rings. The zero-order valence-corrected chi connectivity index (χ0v) is 14.1. The molecule has 0 radical (unpaired) electrons. The zero-order chi connectivity index (χ0) is 16.7. The molecule has 5 heteroatoms. The molecule has 0 unspecified atom stereocenters. The van der Waals surface area contributed by atoms with E-state index in [1.807, 2.05) is 6.92 Å². The Hall–Kier alpha value is -0.650. The zero-order valence-electron chi connectivity index (χ0n) is 14.1. The minimum atomic E-state index is -0.704. The van der Waals surface area contributed by atoms with Crippen LogP contribution in [0.15, 0.2) is 0 Å². The van der Waals surface area contributed by atoms with Gasteiger partial charge >= 0.3 is 5.97 Å². The second-order valence-corrected chi connectivity index (χ2v) is 6.13. The number of carbonyl (C=O) groups excluding carboxylic acids is 1. The van der Waals surface area contributed by atoms with Gasteiger partial charge in [-0.15, -0.1) is 0 Å². The van der Waals surface area contributed by atoms with Crippen LogP contribution in [0.2, 0.25) is 0 Å². The van der Waals surface area contributed by atoms with Gasteiger partial charge in [-0.05, 0) is 19.3 Å². The van der Waals surface area contributed by atoms with Crippen molar-refractivity contribution in [2.45, 2.75) is 71.1 Å². The summed E-state index contributed by atoms with van der Waals surface area (Å²) in [5.41, 5.74) is -0.704. The van der Waals surface area contributed by atoms with Crippen molar-refractivity contribution in [3.63, 3.8) is 0 Å². The van der Waals surface area contributed by atoms with Gasteiger partial charge in [0.05, 0.1) is 18.6 Å². The fraction of sp³-hybridized carbons (Fsp3) is 0.941. The van der Waals surface area contributed by atoms with Gasteiger partial charge < -0.3 is 20.1 Å². The summed E-state index contributed by atoms with van der Waals surface area (Å²) in [5, 5.41) is 27.2. The lowest BCUT2D eigenvalue weighted by Gasteiger charge is -2.27. The second kappa shape index (κ2) is 14.0. The molecule has 0 aliphatic rings. The molecule has 0 spiro atoms. The van der Waals surface area contributed by atoms with Crippen LogP contribution in [0.1, 0.15) is 71.1 Å². The van der Waals surface area contributed by atoms with Crippen molar-refractivity contribution in [2.75, 3.05) is 26.4 Å². The maximum absolute atomic E-state index is 11.6. The summed E-state index contributed by atoms with van der Waals surface area (Å²) in [6.45, 7) is 1.88. The molecule has 22 heavy (non-hydrogen) atoms. The monoisotopic (exact) mass is 318 g/mol. The maximum atomic E-state index is 11.6. The van der Waals surface area contributed by atoms with E-state index in [9.17, 15) is 15.0 Å². The summed E-state index contributed by atoms with van der Waals surface area (Å²) in [6.07, 6.45) is 9.48. The molecule has 0 aromatic carbocycles. The van der Waals surface area contributed by atoms with Crippen molar-refractivity contribution in [1.29, 1.82) is 0 Å². The Balaban J connectivity index is 3.54. The van der Waals surface area contributed by atoms with Gasteiger partial charge in [-0.25, -0.2) is 0 Å². The number of esters is 1. The Morgan fingerprint density at radius 1 is 0.864 bits per heavy atom. The number of rotatable bonds is 15. The Morgan fingerprint density at radius 3 is 1.82 bits per heavy atom. The molecular weight excluding hydrogens is 284 g/mol. The van der Waals surface area contributed by atoms with Crippen molar-refractivity contribution in [1.82, 2.24) is 0 Å². The highest BCUT2D eigenvalue weighted by atomic mass is 16.5. The molecule has 0 heterocycles. The fourth-order valence-corrected chi connectivity index (χ4v) is 2.21. The third-order valence-corrected chi connectivity index (χ3v) is 4.25. The molecule has 0 aromatic rings. The van der Waals surface area contributed by atoms with Gasteiger partial charge in [0, 0.05) is 13.0 Å². The minimum Gasteiger partial charge on any atom is -0.465 e. The molecule has 0 aliphatic heterocycles. The van der Waals surface area contributed by atoms with Gasteiger partial charge in [-0.1, -0.05) is 45.4 Å². The van der Waals surface area contributed by atoms with Crippen LogP contribution in [-0.4, -0.2) is 47.7 Å². The molecule has 0 amide bonds. The van der Waals surface area contributed by atoms with E-state index >= 15 is 0 Å². The van der Waals surface area contributed by atoms with Crippen LogP contribution in [0.3, 0.4) is 0 Å². The van der Waals surface area contributed by atoms with E-state index < -0.39 is 5.41 Å². The summed E-state index contributed by atoms with van der Waals surface area (Å²) in [4.78, 5) is 11.6. The van der Waals surface area contributed by atoms with Crippen molar-refractivity contribution in [3.8, 4) is 0 Å². The molecule has 0 saturated heterocycles. The second-order valence-electron chi connectivity index (χ2n) is 6.13. The van der Waals surface area contributed by atoms with Crippen LogP contribution < -0.4 is 0 Å². The topological polar surface area (TPSA) is 87.0 Å². The molecule has 3 N–H and O–H groups in total. The molecule has 0 atom stereocenters. The first kappa shape index (κ1) is 21.4. The van der Waals surface area contributed by atoms with E-state index in [-0.39, 0.29) is 32.4 Å². The van der Waals surface area contributed by atoms with E-state index in [0.717, 1.165) is 32.1 Å². The molecule has 0 bridgehead atoms. The predicted octanol–water partition coefficient (Wildman–Crippen LogP) is 2.41. The predicted molar refractivity (Wildman–Crippen MR) is 86.5 cm³/mol. The van der Waals surface area contributed by atoms with E-state index in [4.69, 9.17) is 9.84 Å². The summed E-state index contributed by atoms with van der Waals surface area (Å²) in [7, 11) is 0. The van der Waals surface area contributed by atoms with E-state index in [2.05, 4.69) is 0 Å². The highest BCUT2D eigenvalue weighted by molar-refractivity contribution is 5.69. The summed E-state index contributed by atoms with van der Waals surface area (Å²) >= 11 is 0. The summed E-state index contributed by atoms with van der Waals surface area (Å²) in [5.74, 6) is -0.248. The minimum absolute atomic E-state index is 0.0835. The number of aliphatic hydroxyl groups excluding tert-OH is 3. The number of hydrogen-bond donors (Lipinski definition) is 3. The number of carbonyl (C=O) groups is 1. The third kappa shape index (κ3) is 10.1. The van der Waals surface area contributed by atoms with Crippen LogP contribution in [0.25, 0.3) is 0 Å². The van der Waals surface area contributed by atoms with Gasteiger partial charge in [0.1, 0.15) is 6.61 Å². The largest absolute Gasteiger partial charge is 0.465 e. The summed E-state index contributed by atoms with van der Waals surface area (Å²) < 4.78 is 5.17. The Kier molecular flexibility index (Phi) is 13.6. The van der Waals surface area contributed by atoms with Crippen LogP contribution in [0.4, 0.5) is 0 Å². The van der Waals surface area contributed by atoms with Crippen LogP contribution in [-0.2, 0) is 9.53 Å². The smallest absolute Gasteiger partial charge is 0.305 e. The number of aliphatic hydroxyl groups is 3. The van der Waals surface area contributed by atoms with Gasteiger partial charge in [-0.2, -0.15) is 0 Å². The highest BCUT2D eigenvalue weighted by Crippen LogP contribution is 2.21. The lowest BCUT2D eigenvalue weighted by molar-refractivity contribution is -0.149. The van der Waals surface area contributed by atoms with E-state index in [1.54, 1.807) is 0 Å². The Morgan fingerprint density at radius 2 is 1.36 bits per heavy atom. The standard InChI is InChI=1S/C17H34O5/c1-2-17(13-19,14-20)15-22-16(21)11-9-7-5-3-4-6-8-10-12-18/h18-20H,2-15H2,1H3. The molecular formula is C17H34O5. The maximum Gasteiger partial charge on any atom is 0.305 e. The van der Waals surface area contributed by atoms with Gasteiger partial charge in [-0.3, -0.25) is 4.79 Å². The average molecular weight is 318 g/mol. The molecule has 0 aliphatic carbocycles. The van der Waals surface area contributed by atoms with Crippen molar-refractivity contribution < 1.29 is 24.9 Å². The molecule has 0 rings (SSSR count). The van der Waals surface area contributed by atoms with Gasteiger partial charge in [0.15, 0.2) is 0 Å². The number of hydrogen-bond acceptors (Lipinski definition) is 5. The highest BCUT2D eigenvalue weighted by Gasteiger charge is 2.28. The normalized spacial score (nSPS) is 11.6. The Bertz CT molecular complexity index is 256. The third-order valence-electron chi connectivity index (χ3n) is 4.25. The summed E-state index contributed by atoms with van der Waals surface area (Å²) in [6, 6.07) is 0. The van der Waals surface area contributed by atoms with E-state index in [0.29, 0.717) is 12.8 Å². The molecule has 132 valence electrons. The first-order valence-corrected chi connectivity index (χ1v) is 8.62. The van der Waals surface area contributed by atoms with Crippen LogP contribution in [0, 0.1) is 5.41 Å². The first-order valence-electron chi connectivity index (χ1n) is 8.62. The average Bonchev–Trinajstić information content (AvgIpc) is 2.55. The molecule has 5 nitrogen and oxygen atoms in total. The Labute approximate surface area is 134 Å². The fourth-order valence-electron chi connectivity index (χ4n) is 2.21. The SMILES string of the molecule is CCC(CO)(CO)COC(=O)CCCCCCCCCCO. The lowest BCUT2D eigenvalue weighted by atomic mass is 9.88. The molecule has 0 aromatic heterocycles. The quantitative estimate of drug-likeness (QED) is 0.319. The number of unbranched alkanes of at least 4 members (excludes halogenated alkanes) is 7. The lowest BCUT2D eigenvalue weighted by Crippen LogP contribution is -2.35. The van der Waals surface area contributed by atoms with Crippen LogP contribution >= 0.6 is 0 Å². The first-order chi connectivity index (χ1) is 10.6. The van der Waals surface area contributed by atoms with Gasteiger partial charge in [0.2, 0.25) is 0 Å². The van der Waals surface area contributed by atoms with E-state index in [1.165, 1.54) is 19.3 Å². The van der Waals surface area contributed by atoms with Crippen molar-refractivity contribution in [3.05, 3.63) is 0 Å². The van der Waals surface area contributed by atoms with Gasteiger partial charge in [0.25, 0.3) is 0 Å². The van der Waals surface area contributed by atoms with Crippen LogP contribution in [0.5, 0.6) is 0 Å². The van der Waals surface area contributed by atoms with Crippen molar-refractivity contribution in [2.24, 2.45) is 5.41 Å².